The number of carbonyl (C=O) groups excluding carboxylic acids is 1. The van der Waals surface area contributed by atoms with Gasteiger partial charge in [-0.15, -0.1) is 12.4 Å². The summed E-state index contributed by atoms with van der Waals surface area (Å²) in [7, 11) is -3.48. The van der Waals surface area contributed by atoms with Crippen LogP contribution >= 0.6 is 12.4 Å². The highest BCUT2D eigenvalue weighted by Gasteiger charge is 2.32. The predicted octanol–water partition coefficient (Wildman–Crippen LogP) is 3.40. The van der Waals surface area contributed by atoms with Crippen molar-refractivity contribution in [3.8, 4) is 0 Å². The fourth-order valence-corrected chi connectivity index (χ4v) is 4.97. The Morgan fingerprint density at radius 1 is 1.04 bits per heavy atom. The molecule has 1 aliphatic rings. The van der Waals surface area contributed by atoms with Crippen LogP contribution in [-0.4, -0.2) is 20.9 Å². The zero-order valence-corrected chi connectivity index (χ0v) is 16.6. The van der Waals surface area contributed by atoms with Gasteiger partial charge in [0.1, 0.15) is 0 Å². The number of nitrogens with one attached hydrogen (secondary N) is 1. The van der Waals surface area contributed by atoms with Gasteiger partial charge >= 0.3 is 0 Å². The van der Waals surface area contributed by atoms with Gasteiger partial charge in [0.2, 0.25) is 5.91 Å². The van der Waals surface area contributed by atoms with Crippen LogP contribution in [0.15, 0.2) is 59.5 Å². The molecule has 1 fully saturated rings. The van der Waals surface area contributed by atoms with Crippen molar-refractivity contribution < 1.29 is 13.2 Å². The molecule has 0 heterocycles. The molecule has 1 saturated carbocycles. The molecule has 0 saturated heterocycles. The summed E-state index contributed by atoms with van der Waals surface area (Å²) in [5, 5.41) is 2.93. The Morgan fingerprint density at radius 2 is 1.70 bits per heavy atom. The van der Waals surface area contributed by atoms with Crippen molar-refractivity contribution in [2.24, 2.45) is 17.6 Å². The lowest BCUT2D eigenvalue weighted by Gasteiger charge is -2.19. The summed E-state index contributed by atoms with van der Waals surface area (Å²) in [6.45, 7) is 0.502. The summed E-state index contributed by atoms with van der Waals surface area (Å²) >= 11 is 0. The van der Waals surface area contributed by atoms with Crippen molar-refractivity contribution >= 4 is 33.8 Å². The third-order valence-electron chi connectivity index (χ3n) is 5.02. The highest BCUT2D eigenvalue weighted by Crippen LogP contribution is 2.32. The fraction of sp³-hybridized carbons (Fsp3) is 0.350. The molecule has 5 nitrogen and oxygen atoms in total. The Balaban J connectivity index is 0.00000261. The maximum absolute atomic E-state index is 12.7. The topological polar surface area (TPSA) is 89.3 Å². The first-order valence-electron chi connectivity index (χ1n) is 8.88. The Hall–Kier alpha value is -1.89. The van der Waals surface area contributed by atoms with Crippen LogP contribution in [0.2, 0.25) is 0 Å². The monoisotopic (exact) mass is 408 g/mol. The van der Waals surface area contributed by atoms with E-state index < -0.39 is 9.84 Å². The number of hydrogen-bond acceptors (Lipinski definition) is 4. The van der Waals surface area contributed by atoms with E-state index >= 15 is 0 Å². The van der Waals surface area contributed by atoms with E-state index in [1.54, 1.807) is 54.6 Å². The lowest BCUT2D eigenvalue weighted by molar-refractivity contribution is -0.120. The number of amides is 1. The molecule has 0 unspecified atom stereocenters. The fourth-order valence-electron chi connectivity index (χ4n) is 3.57. The predicted molar refractivity (Wildman–Crippen MR) is 110 cm³/mol. The van der Waals surface area contributed by atoms with Gasteiger partial charge in [-0.3, -0.25) is 4.79 Å². The molecule has 2 aromatic carbocycles. The first kappa shape index (κ1) is 21.4. The van der Waals surface area contributed by atoms with Crippen molar-refractivity contribution in [1.82, 2.24) is 0 Å². The SMILES string of the molecule is Cl.NC[C@H]1CCC[C@H]1C(=O)Nc1ccccc1CS(=O)(=O)c1ccccc1. The van der Waals surface area contributed by atoms with Crippen LogP contribution in [0.1, 0.15) is 24.8 Å². The third kappa shape index (κ3) is 5.09. The molecule has 3 rings (SSSR count). The number of carbonyl (C=O) groups is 1. The van der Waals surface area contributed by atoms with E-state index in [1.165, 1.54) is 0 Å². The second kappa shape index (κ2) is 9.35. The molecule has 0 aromatic heterocycles. The van der Waals surface area contributed by atoms with Gasteiger partial charge in [-0.1, -0.05) is 42.8 Å². The summed E-state index contributed by atoms with van der Waals surface area (Å²) in [4.78, 5) is 12.9. The zero-order chi connectivity index (χ0) is 18.6. The van der Waals surface area contributed by atoms with E-state index in [9.17, 15) is 13.2 Å². The maximum atomic E-state index is 12.7. The number of nitrogens with two attached hydrogens (primary N) is 1. The van der Waals surface area contributed by atoms with Gasteiger partial charge in [-0.05, 0) is 49.1 Å². The first-order chi connectivity index (χ1) is 12.5. The van der Waals surface area contributed by atoms with E-state index in [-0.39, 0.29) is 40.8 Å². The molecule has 0 spiro atoms. The number of sulfone groups is 1. The summed E-state index contributed by atoms with van der Waals surface area (Å²) < 4.78 is 25.3. The highest BCUT2D eigenvalue weighted by atomic mass is 35.5. The van der Waals surface area contributed by atoms with Crippen LogP contribution in [0.3, 0.4) is 0 Å². The Labute approximate surface area is 166 Å². The smallest absolute Gasteiger partial charge is 0.227 e. The van der Waals surface area contributed by atoms with Gasteiger partial charge in [0.25, 0.3) is 0 Å². The summed E-state index contributed by atoms with van der Waals surface area (Å²) in [5.41, 5.74) is 6.92. The lowest BCUT2D eigenvalue weighted by Crippen LogP contribution is -2.30. The molecule has 0 aliphatic heterocycles. The van der Waals surface area contributed by atoms with E-state index in [1.807, 2.05) is 0 Å². The highest BCUT2D eigenvalue weighted by molar-refractivity contribution is 7.90. The normalized spacial score (nSPS) is 19.3. The lowest BCUT2D eigenvalue weighted by atomic mass is 9.95. The quantitative estimate of drug-likeness (QED) is 0.766. The van der Waals surface area contributed by atoms with Crippen molar-refractivity contribution in [2.45, 2.75) is 29.9 Å². The second-order valence-corrected chi connectivity index (χ2v) is 8.74. The molecule has 1 aliphatic carbocycles. The van der Waals surface area contributed by atoms with Crippen LogP contribution in [0.5, 0.6) is 0 Å². The van der Waals surface area contributed by atoms with Gasteiger partial charge in [0.05, 0.1) is 10.6 Å². The minimum Gasteiger partial charge on any atom is -0.330 e. The number of rotatable bonds is 6. The number of anilines is 1. The maximum Gasteiger partial charge on any atom is 0.227 e. The minimum absolute atomic E-state index is 0. The number of hydrogen-bond donors (Lipinski definition) is 2. The van der Waals surface area contributed by atoms with Gasteiger partial charge in [0, 0.05) is 11.6 Å². The molecule has 2 aromatic rings. The Morgan fingerprint density at radius 3 is 2.41 bits per heavy atom. The minimum atomic E-state index is -3.48. The van der Waals surface area contributed by atoms with Crippen molar-refractivity contribution in [2.75, 3.05) is 11.9 Å². The van der Waals surface area contributed by atoms with Crippen LogP contribution in [0.25, 0.3) is 0 Å². The summed E-state index contributed by atoms with van der Waals surface area (Å²) in [5.74, 6) is -0.116. The molecule has 1 amide bonds. The second-order valence-electron chi connectivity index (χ2n) is 6.75. The number of benzene rings is 2. The van der Waals surface area contributed by atoms with Gasteiger partial charge < -0.3 is 11.1 Å². The first-order valence-corrected chi connectivity index (χ1v) is 10.5. The molecule has 0 bridgehead atoms. The van der Waals surface area contributed by atoms with Crippen LogP contribution in [0, 0.1) is 11.8 Å². The number of para-hydroxylation sites is 1. The van der Waals surface area contributed by atoms with Crippen LogP contribution in [-0.2, 0) is 20.4 Å². The van der Waals surface area contributed by atoms with Crippen molar-refractivity contribution in [1.29, 1.82) is 0 Å². The van der Waals surface area contributed by atoms with Crippen LogP contribution in [0.4, 0.5) is 5.69 Å². The molecular formula is C20H25ClN2O3S. The van der Waals surface area contributed by atoms with Crippen LogP contribution < -0.4 is 11.1 Å². The van der Waals surface area contributed by atoms with E-state index in [0.29, 0.717) is 17.8 Å². The van der Waals surface area contributed by atoms with Gasteiger partial charge in [0.15, 0.2) is 9.84 Å². The Kier molecular flexibility index (Phi) is 7.41. The summed E-state index contributed by atoms with van der Waals surface area (Å²) in [6, 6.07) is 15.4. The van der Waals surface area contributed by atoms with Crippen molar-refractivity contribution in [3.63, 3.8) is 0 Å². The summed E-state index contributed by atoms with van der Waals surface area (Å²) in [6.07, 6.45) is 2.81. The molecular weight excluding hydrogens is 384 g/mol. The third-order valence-corrected chi connectivity index (χ3v) is 6.70. The van der Waals surface area contributed by atoms with E-state index in [2.05, 4.69) is 5.32 Å². The standard InChI is InChI=1S/C20H24N2O3S.ClH/c21-13-15-8-6-11-18(15)20(23)22-19-12-5-4-7-16(19)14-26(24,25)17-9-2-1-3-10-17;/h1-5,7,9-10,12,15,18H,6,8,11,13-14,21H2,(H,22,23);1H/t15-,18-;/m1./s1. The molecule has 2 atom stereocenters. The van der Waals surface area contributed by atoms with E-state index in [4.69, 9.17) is 5.73 Å². The van der Waals surface area contributed by atoms with Gasteiger partial charge in [-0.2, -0.15) is 0 Å². The average molecular weight is 409 g/mol. The average Bonchev–Trinajstić information content (AvgIpc) is 3.13. The largest absolute Gasteiger partial charge is 0.330 e. The zero-order valence-electron chi connectivity index (χ0n) is 15.0. The molecule has 7 heteroatoms. The molecule has 0 radical (unpaired) electrons. The van der Waals surface area contributed by atoms with Crippen molar-refractivity contribution in [3.05, 3.63) is 60.2 Å². The molecule has 27 heavy (non-hydrogen) atoms. The molecule has 146 valence electrons. The number of halogens is 1. The Bertz CT molecular complexity index is 872. The van der Waals surface area contributed by atoms with E-state index in [0.717, 1.165) is 19.3 Å². The molecule has 3 N–H and O–H groups in total. The van der Waals surface area contributed by atoms with Gasteiger partial charge in [-0.25, -0.2) is 8.42 Å².